The molecule has 2 aromatic rings. The van der Waals surface area contributed by atoms with Crippen LogP contribution in [-0.4, -0.2) is 46.9 Å². The number of carbonyl (C=O) groups is 1. The van der Waals surface area contributed by atoms with Crippen LogP contribution in [0, 0.1) is 10.5 Å². The first kappa shape index (κ1) is 17.4. The minimum atomic E-state index is 0.159. The smallest absolute Gasteiger partial charge is 0.254 e. The second kappa shape index (κ2) is 8.07. The fourth-order valence-corrected chi connectivity index (χ4v) is 3.66. The molecule has 24 heavy (non-hydrogen) atoms. The number of pyridine rings is 1. The van der Waals surface area contributed by atoms with E-state index in [9.17, 15) is 4.79 Å². The molecule has 3 rings (SSSR count). The summed E-state index contributed by atoms with van der Waals surface area (Å²) in [5.41, 5.74) is 3.22. The summed E-state index contributed by atoms with van der Waals surface area (Å²) in [4.78, 5) is 21.5. The summed E-state index contributed by atoms with van der Waals surface area (Å²) in [6, 6.07) is 10.0. The fourth-order valence-electron chi connectivity index (χ4n) is 3.06. The molecular formula is C19H22IN3O. The predicted octanol–water partition coefficient (Wildman–Crippen LogP) is 3.34. The summed E-state index contributed by atoms with van der Waals surface area (Å²) in [6.45, 7) is 6.48. The van der Waals surface area contributed by atoms with Gasteiger partial charge in [-0.3, -0.25) is 14.7 Å². The highest BCUT2D eigenvalue weighted by Gasteiger charge is 2.22. The molecule has 0 atom stereocenters. The number of nitrogens with zero attached hydrogens (tertiary/aromatic N) is 3. The lowest BCUT2D eigenvalue weighted by Crippen LogP contribution is -2.35. The number of benzene rings is 1. The third-order valence-corrected chi connectivity index (χ3v) is 5.86. The van der Waals surface area contributed by atoms with Gasteiger partial charge in [0.05, 0.1) is 5.56 Å². The summed E-state index contributed by atoms with van der Waals surface area (Å²) < 4.78 is 1.07. The van der Waals surface area contributed by atoms with E-state index in [1.807, 2.05) is 29.3 Å². The Bertz CT molecular complexity index is 705. The van der Waals surface area contributed by atoms with Crippen LogP contribution in [-0.2, 0) is 6.54 Å². The zero-order valence-electron chi connectivity index (χ0n) is 13.9. The summed E-state index contributed by atoms with van der Waals surface area (Å²) in [7, 11) is 0. The number of hydrogen-bond donors (Lipinski definition) is 0. The van der Waals surface area contributed by atoms with Crippen molar-refractivity contribution in [1.29, 1.82) is 0 Å². The molecule has 1 saturated heterocycles. The van der Waals surface area contributed by atoms with Crippen LogP contribution >= 0.6 is 22.6 Å². The largest absolute Gasteiger partial charge is 0.337 e. The average molecular weight is 435 g/mol. The molecular weight excluding hydrogens is 413 g/mol. The first-order chi connectivity index (χ1) is 11.6. The number of rotatable bonds is 3. The van der Waals surface area contributed by atoms with Gasteiger partial charge >= 0.3 is 0 Å². The highest BCUT2D eigenvalue weighted by molar-refractivity contribution is 14.1. The molecule has 0 saturated carbocycles. The highest BCUT2D eigenvalue weighted by atomic mass is 127. The lowest BCUT2D eigenvalue weighted by molar-refractivity contribution is 0.0760. The van der Waals surface area contributed by atoms with Crippen molar-refractivity contribution >= 4 is 28.5 Å². The van der Waals surface area contributed by atoms with Crippen LogP contribution in [0.1, 0.15) is 27.9 Å². The normalized spacial score (nSPS) is 16.0. The van der Waals surface area contributed by atoms with Gasteiger partial charge in [-0.2, -0.15) is 0 Å². The van der Waals surface area contributed by atoms with Crippen molar-refractivity contribution in [2.45, 2.75) is 19.9 Å². The Labute approximate surface area is 157 Å². The molecule has 0 bridgehead atoms. The lowest BCUT2D eigenvalue weighted by Gasteiger charge is -2.22. The fraction of sp³-hybridized carbons (Fsp3) is 0.368. The molecule has 1 amide bonds. The zero-order chi connectivity index (χ0) is 16.9. The van der Waals surface area contributed by atoms with E-state index in [0.29, 0.717) is 0 Å². The maximum absolute atomic E-state index is 12.9. The second-order valence-electron chi connectivity index (χ2n) is 6.22. The standard InChI is InChI=1S/C19H22IN3O/c1-15-5-2-7-17(18(15)20)19(24)23-10-4-9-22(11-12-23)14-16-6-3-8-21-13-16/h2-3,5-8,13H,4,9-12,14H2,1H3. The average Bonchev–Trinajstić information content (AvgIpc) is 2.83. The van der Waals surface area contributed by atoms with Crippen LogP contribution in [0.25, 0.3) is 0 Å². The number of amides is 1. The maximum Gasteiger partial charge on any atom is 0.254 e. The Morgan fingerprint density at radius 3 is 2.83 bits per heavy atom. The van der Waals surface area contributed by atoms with Crippen molar-refractivity contribution in [2.24, 2.45) is 0 Å². The van der Waals surface area contributed by atoms with Crippen molar-refractivity contribution in [1.82, 2.24) is 14.8 Å². The molecule has 1 aromatic carbocycles. The SMILES string of the molecule is Cc1cccc(C(=O)N2CCCN(Cc3cccnc3)CC2)c1I. The molecule has 1 fully saturated rings. The van der Waals surface area contributed by atoms with Gasteiger partial charge in [0.25, 0.3) is 5.91 Å². The van der Waals surface area contributed by atoms with E-state index in [0.717, 1.165) is 53.8 Å². The molecule has 2 heterocycles. The minimum absolute atomic E-state index is 0.159. The number of hydrogen-bond acceptors (Lipinski definition) is 3. The highest BCUT2D eigenvalue weighted by Crippen LogP contribution is 2.19. The van der Waals surface area contributed by atoms with Crippen LogP contribution in [0.4, 0.5) is 0 Å². The molecule has 126 valence electrons. The Kier molecular flexibility index (Phi) is 5.84. The van der Waals surface area contributed by atoms with E-state index < -0.39 is 0 Å². The second-order valence-corrected chi connectivity index (χ2v) is 7.30. The Morgan fingerprint density at radius 1 is 1.17 bits per heavy atom. The molecule has 1 aliphatic heterocycles. The van der Waals surface area contributed by atoms with Crippen molar-refractivity contribution in [3.63, 3.8) is 0 Å². The summed E-state index contributed by atoms with van der Waals surface area (Å²) in [5.74, 6) is 0.159. The molecule has 0 N–H and O–H groups in total. The monoisotopic (exact) mass is 435 g/mol. The number of aryl methyl sites for hydroxylation is 1. The lowest BCUT2D eigenvalue weighted by atomic mass is 10.1. The summed E-state index contributed by atoms with van der Waals surface area (Å²) in [6.07, 6.45) is 4.73. The van der Waals surface area contributed by atoms with Gasteiger partial charge in [0, 0.05) is 48.7 Å². The Morgan fingerprint density at radius 2 is 2.04 bits per heavy atom. The predicted molar refractivity (Wildman–Crippen MR) is 104 cm³/mol. The van der Waals surface area contributed by atoms with Gasteiger partial charge < -0.3 is 4.90 Å². The van der Waals surface area contributed by atoms with Crippen LogP contribution in [0.15, 0.2) is 42.7 Å². The molecule has 4 nitrogen and oxygen atoms in total. The van der Waals surface area contributed by atoms with Crippen molar-refractivity contribution in [3.8, 4) is 0 Å². The molecule has 0 spiro atoms. The summed E-state index contributed by atoms with van der Waals surface area (Å²) >= 11 is 2.28. The molecule has 0 unspecified atom stereocenters. The number of halogens is 1. The first-order valence-electron chi connectivity index (χ1n) is 8.31. The van der Waals surface area contributed by atoms with Gasteiger partial charge in [-0.25, -0.2) is 0 Å². The summed E-state index contributed by atoms with van der Waals surface area (Å²) in [5, 5.41) is 0. The molecule has 1 aliphatic rings. The number of aromatic nitrogens is 1. The van der Waals surface area contributed by atoms with Gasteiger partial charge in [-0.05, 0) is 59.2 Å². The van der Waals surface area contributed by atoms with E-state index in [2.05, 4.69) is 51.5 Å². The third-order valence-electron chi connectivity index (χ3n) is 4.43. The molecule has 0 aliphatic carbocycles. The molecule has 1 aromatic heterocycles. The van der Waals surface area contributed by atoms with Crippen LogP contribution in [0.5, 0.6) is 0 Å². The number of carbonyl (C=O) groups excluding carboxylic acids is 1. The van der Waals surface area contributed by atoms with Crippen LogP contribution in [0.2, 0.25) is 0 Å². The third kappa shape index (κ3) is 4.13. The Balaban J connectivity index is 1.65. The zero-order valence-corrected chi connectivity index (χ0v) is 16.1. The minimum Gasteiger partial charge on any atom is -0.337 e. The van der Waals surface area contributed by atoms with E-state index in [-0.39, 0.29) is 5.91 Å². The topological polar surface area (TPSA) is 36.4 Å². The van der Waals surface area contributed by atoms with Gasteiger partial charge in [0.15, 0.2) is 0 Å². The quantitative estimate of drug-likeness (QED) is 0.695. The van der Waals surface area contributed by atoms with Crippen molar-refractivity contribution in [3.05, 3.63) is 63.0 Å². The van der Waals surface area contributed by atoms with E-state index in [1.54, 1.807) is 6.20 Å². The van der Waals surface area contributed by atoms with Crippen LogP contribution in [0.3, 0.4) is 0 Å². The molecule has 0 radical (unpaired) electrons. The maximum atomic E-state index is 12.9. The van der Waals surface area contributed by atoms with E-state index in [4.69, 9.17) is 0 Å². The van der Waals surface area contributed by atoms with Crippen LogP contribution < -0.4 is 0 Å². The van der Waals surface area contributed by atoms with E-state index in [1.165, 1.54) is 5.56 Å². The molecule has 5 heteroatoms. The first-order valence-corrected chi connectivity index (χ1v) is 9.38. The van der Waals surface area contributed by atoms with Gasteiger partial charge in [-0.15, -0.1) is 0 Å². The van der Waals surface area contributed by atoms with Gasteiger partial charge in [0.1, 0.15) is 0 Å². The van der Waals surface area contributed by atoms with Crippen molar-refractivity contribution in [2.75, 3.05) is 26.2 Å². The van der Waals surface area contributed by atoms with Gasteiger partial charge in [-0.1, -0.05) is 18.2 Å². The van der Waals surface area contributed by atoms with Crippen molar-refractivity contribution < 1.29 is 4.79 Å². The Hall–Kier alpha value is -1.47. The van der Waals surface area contributed by atoms with Gasteiger partial charge in [0.2, 0.25) is 0 Å². The van der Waals surface area contributed by atoms with E-state index >= 15 is 0 Å².